The molecule has 0 aliphatic carbocycles. The number of hydrogen-bond donors (Lipinski definition) is 1. The number of aryl methyl sites for hydroxylation is 2. The van der Waals surface area contributed by atoms with Crippen LogP contribution < -0.4 is 5.73 Å². The molecule has 13 heavy (non-hydrogen) atoms. The van der Waals surface area contributed by atoms with Crippen LogP contribution in [0.15, 0.2) is 15.0 Å². The molecule has 2 aromatic heterocycles. The largest absolute Gasteiger partial charge is 0.439 e. The van der Waals surface area contributed by atoms with Gasteiger partial charge in [-0.25, -0.2) is 9.97 Å². The van der Waals surface area contributed by atoms with Crippen molar-refractivity contribution in [2.45, 2.75) is 13.8 Å². The summed E-state index contributed by atoms with van der Waals surface area (Å²) in [6.45, 7) is 3.70. The first-order valence-electron chi connectivity index (χ1n) is 3.82. The Kier molecular flexibility index (Phi) is 1.58. The van der Waals surface area contributed by atoms with Gasteiger partial charge in [-0.15, -0.1) is 0 Å². The predicted octanol–water partition coefficient (Wildman–Crippen LogP) is 1.53. The van der Waals surface area contributed by atoms with Crippen LogP contribution >= 0.6 is 0 Å². The van der Waals surface area contributed by atoms with Crippen molar-refractivity contribution < 1.29 is 8.83 Å². The number of hydrogen-bond acceptors (Lipinski definition) is 5. The van der Waals surface area contributed by atoms with Crippen molar-refractivity contribution >= 4 is 6.01 Å². The minimum Gasteiger partial charge on any atom is -0.439 e. The summed E-state index contributed by atoms with van der Waals surface area (Å²) in [4.78, 5) is 7.88. The second kappa shape index (κ2) is 2.62. The van der Waals surface area contributed by atoms with E-state index in [0.29, 0.717) is 11.7 Å². The fraction of sp³-hybridized carbons (Fsp3) is 0.250. The molecule has 68 valence electrons. The van der Waals surface area contributed by atoms with Crippen molar-refractivity contribution in [2.24, 2.45) is 0 Å². The Balaban J connectivity index is 2.46. The van der Waals surface area contributed by atoms with E-state index < -0.39 is 0 Å². The Morgan fingerprint density at radius 3 is 2.54 bits per heavy atom. The maximum absolute atomic E-state index is 5.31. The van der Waals surface area contributed by atoms with Crippen LogP contribution in [0, 0.1) is 13.8 Å². The zero-order valence-electron chi connectivity index (χ0n) is 7.37. The number of oxazole rings is 2. The minimum atomic E-state index is 0.114. The Hall–Kier alpha value is -1.78. The van der Waals surface area contributed by atoms with Gasteiger partial charge in [0.15, 0.2) is 0 Å². The molecule has 2 heterocycles. The maximum atomic E-state index is 5.31. The lowest BCUT2D eigenvalue weighted by molar-refractivity contribution is 0.505. The molecule has 0 saturated carbocycles. The highest BCUT2D eigenvalue weighted by molar-refractivity contribution is 5.45. The Morgan fingerprint density at radius 2 is 2.08 bits per heavy atom. The van der Waals surface area contributed by atoms with Gasteiger partial charge < -0.3 is 14.6 Å². The summed E-state index contributed by atoms with van der Waals surface area (Å²) in [6.07, 6.45) is 1.49. The maximum Gasteiger partial charge on any atom is 0.292 e. The molecule has 0 unspecified atom stereocenters. The SMILES string of the molecule is Cc1nc(-c2cnc(N)o2)oc1C. The fourth-order valence-electron chi connectivity index (χ4n) is 0.965. The Morgan fingerprint density at radius 1 is 1.31 bits per heavy atom. The molecule has 0 atom stereocenters. The molecular formula is C8H9N3O2. The molecule has 2 N–H and O–H groups in total. The molecular weight excluding hydrogens is 170 g/mol. The third-order valence-corrected chi connectivity index (χ3v) is 1.76. The van der Waals surface area contributed by atoms with Crippen LogP contribution in [-0.2, 0) is 0 Å². The molecule has 0 saturated heterocycles. The third kappa shape index (κ3) is 1.28. The van der Waals surface area contributed by atoms with Crippen LogP contribution in [0.25, 0.3) is 11.7 Å². The molecule has 0 aliphatic heterocycles. The minimum absolute atomic E-state index is 0.114. The number of nitrogen functional groups attached to an aromatic ring is 1. The van der Waals surface area contributed by atoms with Gasteiger partial charge >= 0.3 is 0 Å². The van der Waals surface area contributed by atoms with Gasteiger partial charge in [0, 0.05) is 0 Å². The van der Waals surface area contributed by atoms with E-state index >= 15 is 0 Å². The van der Waals surface area contributed by atoms with Gasteiger partial charge in [0.05, 0.1) is 11.9 Å². The number of rotatable bonds is 1. The van der Waals surface area contributed by atoms with Crippen LogP contribution in [0.2, 0.25) is 0 Å². The zero-order chi connectivity index (χ0) is 9.42. The van der Waals surface area contributed by atoms with Crippen LogP contribution in [0.4, 0.5) is 6.01 Å². The van der Waals surface area contributed by atoms with Gasteiger partial charge in [0.25, 0.3) is 11.9 Å². The summed E-state index contributed by atoms with van der Waals surface area (Å²) in [5.74, 6) is 1.64. The summed E-state index contributed by atoms with van der Waals surface area (Å²) < 4.78 is 10.4. The van der Waals surface area contributed by atoms with E-state index in [4.69, 9.17) is 14.6 Å². The second-order valence-electron chi connectivity index (χ2n) is 2.72. The van der Waals surface area contributed by atoms with E-state index in [1.165, 1.54) is 6.20 Å². The number of nitrogens with two attached hydrogens (primary N) is 1. The second-order valence-corrected chi connectivity index (χ2v) is 2.72. The Bertz CT molecular complexity index is 411. The summed E-state index contributed by atoms with van der Waals surface area (Å²) in [6, 6.07) is 0.114. The molecule has 0 radical (unpaired) electrons. The van der Waals surface area contributed by atoms with E-state index in [1.54, 1.807) is 0 Å². The number of anilines is 1. The zero-order valence-corrected chi connectivity index (χ0v) is 7.37. The molecule has 2 aromatic rings. The van der Waals surface area contributed by atoms with E-state index in [9.17, 15) is 0 Å². The van der Waals surface area contributed by atoms with Crippen LogP contribution in [0.5, 0.6) is 0 Å². The third-order valence-electron chi connectivity index (χ3n) is 1.76. The summed E-state index contributed by atoms with van der Waals surface area (Å²) >= 11 is 0. The first-order valence-corrected chi connectivity index (χ1v) is 3.82. The molecule has 0 aromatic carbocycles. The van der Waals surface area contributed by atoms with Crippen LogP contribution in [0.1, 0.15) is 11.5 Å². The highest BCUT2D eigenvalue weighted by atomic mass is 16.4. The van der Waals surface area contributed by atoms with Crippen molar-refractivity contribution in [2.75, 3.05) is 5.73 Å². The number of nitrogens with zero attached hydrogens (tertiary/aromatic N) is 2. The fourth-order valence-corrected chi connectivity index (χ4v) is 0.965. The first kappa shape index (κ1) is 7.85. The summed E-state index contributed by atoms with van der Waals surface area (Å²) in [5, 5.41) is 0. The molecule has 0 fully saturated rings. The summed E-state index contributed by atoms with van der Waals surface area (Å²) in [7, 11) is 0. The van der Waals surface area contributed by atoms with Crippen LogP contribution in [-0.4, -0.2) is 9.97 Å². The predicted molar refractivity (Wildman–Crippen MR) is 45.9 cm³/mol. The van der Waals surface area contributed by atoms with Gasteiger partial charge in [-0.05, 0) is 13.8 Å². The highest BCUT2D eigenvalue weighted by Crippen LogP contribution is 2.22. The Labute approximate surface area is 74.6 Å². The van der Waals surface area contributed by atoms with Gasteiger partial charge in [0.2, 0.25) is 5.76 Å². The highest BCUT2D eigenvalue weighted by Gasteiger charge is 2.11. The topological polar surface area (TPSA) is 78.1 Å². The van der Waals surface area contributed by atoms with Crippen LogP contribution in [0.3, 0.4) is 0 Å². The molecule has 2 rings (SSSR count). The van der Waals surface area contributed by atoms with Gasteiger partial charge in [-0.3, -0.25) is 0 Å². The average Bonchev–Trinajstić information content (AvgIpc) is 2.61. The van der Waals surface area contributed by atoms with Crippen molar-refractivity contribution in [3.05, 3.63) is 17.7 Å². The lowest BCUT2D eigenvalue weighted by atomic mass is 10.4. The van der Waals surface area contributed by atoms with Crippen molar-refractivity contribution in [3.63, 3.8) is 0 Å². The standard InChI is InChI=1S/C8H9N3O2/c1-4-5(2)12-7(11-4)6-3-10-8(9)13-6/h3H,1-2H3,(H2,9,10). The van der Waals surface area contributed by atoms with E-state index in [2.05, 4.69) is 9.97 Å². The normalized spacial score (nSPS) is 10.6. The monoisotopic (exact) mass is 179 g/mol. The molecule has 0 bridgehead atoms. The van der Waals surface area contributed by atoms with Gasteiger partial charge in [0.1, 0.15) is 5.76 Å². The van der Waals surface area contributed by atoms with E-state index in [0.717, 1.165) is 11.5 Å². The van der Waals surface area contributed by atoms with Gasteiger partial charge in [-0.1, -0.05) is 0 Å². The average molecular weight is 179 g/mol. The summed E-state index contributed by atoms with van der Waals surface area (Å²) in [5.41, 5.74) is 6.15. The molecule has 5 nitrogen and oxygen atoms in total. The lowest BCUT2D eigenvalue weighted by Crippen LogP contribution is -1.80. The van der Waals surface area contributed by atoms with Gasteiger partial charge in [-0.2, -0.15) is 0 Å². The van der Waals surface area contributed by atoms with Crippen molar-refractivity contribution in [1.82, 2.24) is 9.97 Å². The smallest absolute Gasteiger partial charge is 0.292 e. The molecule has 0 aliphatic rings. The van der Waals surface area contributed by atoms with Crippen molar-refractivity contribution in [1.29, 1.82) is 0 Å². The number of aromatic nitrogens is 2. The molecule has 0 amide bonds. The van der Waals surface area contributed by atoms with Crippen molar-refractivity contribution in [3.8, 4) is 11.7 Å². The van der Waals surface area contributed by atoms with E-state index in [-0.39, 0.29) is 6.01 Å². The molecule has 5 heteroatoms. The molecule has 0 spiro atoms. The quantitative estimate of drug-likeness (QED) is 0.718. The first-order chi connectivity index (χ1) is 6.16. The lowest BCUT2D eigenvalue weighted by Gasteiger charge is -1.84. The van der Waals surface area contributed by atoms with E-state index in [1.807, 2.05) is 13.8 Å².